The average Bonchev–Trinajstić information content (AvgIpc) is 3.00. The van der Waals surface area contributed by atoms with Crippen LogP contribution in [0.2, 0.25) is 0 Å². The number of carbonyl (C=O) groups is 1. The summed E-state index contributed by atoms with van der Waals surface area (Å²) >= 11 is 0. The number of likely N-dealkylation sites (tertiary alicyclic amines) is 1. The van der Waals surface area contributed by atoms with Gasteiger partial charge < -0.3 is 24.5 Å². The Hall–Kier alpha value is -0.690. The first-order valence-electron chi connectivity index (χ1n) is 9.05. The Labute approximate surface area is 139 Å². The molecule has 3 fully saturated rings. The first-order chi connectivity index (χ1) is 11.2. The molecule has 0 aromatic rings. The van der Waals surface area contributed by atoms with Crippen molar-refractivity contribution in [1.29, 1.82) is 0 Å². The van der Waals surface area contributed by atoms with Crippen LogP contribution in [0, 0.1) is 17.8 Å². The van der Waals surface area contributed by atoms with E-state index >= 15 is 0 Å². The number of carbonyl (C=O) groups excluding carboxylic acids is 1. The second kappa shape index (κ2) is 7.92. The van der Waals surface area contributed by atoms with Crippen LogP contribution in [0.15, 0.2) is 0 Å². The van der Waals surface area contributed by atoms with Crippen LogP contribution in [-0.2, 0) is 9.53 Å². The first kappa shape index (κ1) is 17.1. The normalized spacial score (nSPS) is 31.7. The monoisotopic (exact) mass is 325 g/mol. The lowest BCUT2D eigenvalue weighted by Gasteiger charge is -2.34. The molecule has 3 rings (SSSR count). The van der Waals surface area contributed by atoms with Gasteiger partial charge in [-0.05, 0) is 25.8 Å². The standard InChI is InChI=1S/C17H31N3O3/c1-18-4-6-19(7-5-18)10-15-11-20(12-16(15)13-21)17(22)14-2-8-23-9-3-14/h14-16,21H,2-13H2,1H3/t15-,16-/m1/s1. The minimum absolute atomic E-state index is 0.130. The zero-order valence-corrected chi connectivity index (χ0v) is 14.3. The van der Waals surface area contributed by atoms with Crippen LogP contribution >= 0.6 is 0 Å². The SMILES string of the molecule is CN1CCN(C[C@@H]2CN(C(=O)C3CCOCC3)C[C@@H]2CO)CC1. The van der Waals surface area contributed by atoms with Crippen LogP contribution in [-0.4, -0.2) is 98.4 Å². The zero-order chi connectivity index (χ0) is 16.2. The predicted octanol–water partition coefficient (Wildman–Crippen LogP) is -0.273. The van der Waals surface area contributed by atoms with Gasteiger partial charge >= 0.3 is 0 Å². The van der Waals surface area contributed by atoms with E-state index in [1.54, 1.807) is 0 Å². The molecule has 0 aromatic heterocycles. The number of piperazine rings is 1. The van der Waals surface area contributed by atoms with E-state index in [0.29, 0.717) is 19.1 Å². The number of hydrogen-bond donors (Lipinski definition) is 1. The Morgan fingerprint density at radius 1 is 1.09 bits per heavy atom. The molecule has 0 bridgehead atoms. The largest absolute Gasteiger partial charge is 0.396 e. The van der Waals surface area contributed by atoms with Crippen molar-refractivity contribution in [2.45, 2.75) is 12.8 Å². The Bertz CT molecular complexity index is 393. The minimum Gasteiger partial charge on any atom is -0.396 e. The van der Waals surface area contributed by atoms with Crippen LogP contribution < -0.4 is 0 Å². The van der Waals surface area contributed by atoms with Gasteiger partial charge in [0.1, 0.15) is 0 Å². The van der Waals surface area contributed by atoms with Gasteiger partial charge in [0.05, 0.1) is 0 Å². The van der Waals surface area contributed by atoms with Gasteiger partial charge in [-0.15, -0.1) is 0 Å². The molecule has 0 radical (unpaired) electrons. The molecule has 3 heterocycles. The molecule has 0 aliphatic carbocycles. The maximum atomic E-state index is 12.7. The quantitative estimate of drug-likeness (QED) is 0.771. The van der Waals surface area contributed by atoms with Gasteiger partial charge in [0.2, 0.25) is 5.91 Å². The minimum atomic E-state index is 0.130. The lowest BCUT2D eigenvalue weighted by atomic mass is 9.96. The number of hydrogen-bond acceptors (Lipinski definition) is 5. The van der Waals surface area contributed by atoms with Gasteiger partial charge in [-0.3, -0.25) is 4.79 Å². The van der Waals surface area contributed by atoms with Gasteiger partial charge in [0.15, 0.2) is 0 Å². The third-order valence-corrected chi connectivity index (χ3v) is 5.78. The molecular formula is C17H31N3O3. The van der Waals surface area contributed by atoms with E-state index in [9.17, 15) is 9.90 Å². The van der Waals surface area contributed by atoms with Crippen LogP contribution in [0.1, 0.15) is 12.8 Å². The summed E-state index contributed by atoms with van der Waals surface area (Å²) in [4.78, 5) is 19.6. The van der Waals surface area contributed by atoms with Crippen molar-refractivity contribution in [2.24, 2.45) is 17.8 Å². The summed E-state index contributed by atoms with van der Waals surface area (Å²) < 4.78 is 5.36. The highest BCUT2D eigenvalue weighted by atomic mass is 16.5. The van der Waals surface area contributed by atoms with Gasteiger partial charge in [0.25, 0.3) is 0 Å². The number of rotatable bonds is 4. The zero-order valence-electron chi connectivity index (χ0n) is 14.3. The van der Waals surface area contributed by atoms with Gasteiger partial charge in [-0.25, -0.2) is 0 Å². The fourth-order valence-electron chi connectivity index (χ4n) is 4.10. The summed E-state index contributed by atoms with van der Waals surface area (Å²) in [7, 11) is 2.16. The highest BCUT2D eigenvalue weighted by molar-refractivity contribution is 5.79. The molecule has 0 saturated carbocycles. The molecule has 6 nitrogen and oxygen atoms in total. The molecule has 1 N–H and O–H groups in total. The lowest BCUT2D eigenvalue weighted by Crippen LogP contribution is -2.47. The first-order valence-corrected chi connectivity index (χ1v) is 9.05. The highest BCUT2D eigenvalue weighted by Crippen LogP contribution is 2.28. The maximum absolute atomic E-state index is 12.7. The number of ether oxygens (including phenoxy) is 1. The molecule has 0 aromatic carbocycles. The summed E-state index contributed by atoms with van der Waals surface area (Å²) in [6, 6.07) is 0. The van der Waals surface area contributed by atoms with Crippen LogP contribution in [0.25, 0.3) is 0 Å². The summed E-state index contributed by atoms with van der Waals surface area (Å²) in [5.74, 6) is 1.06. The van der Waals surface area contributed by atoms with E-state index in [0.717, 1.165) is 58.7 Å². The Morgan fingerprint density at radius 3 is 2.39 bits per heavy atom. The molecule has 3 aliphatic heterocycles. The van der Waals surface area contributed by atoms with Crippen LogP contribution in [0.3, 0.4) is 0 Å². The van der Waals surface area contributed by atoms with Gasteiger partial charge in [-0.2, -0.15) is 0 Å². The van der Waals surface area contributed by atoms with Gasteiger partial charge in [-0.1, -0.05) is 0 Å². The summed E-state index contributed by atoms with van der Waals surface area (Å²) in [6.07, 6.45) is 1.70. The molecule has 0 unspecified atom stereocenters. The number of aliphatic hydroxyl groups is 1. The molecule has 3 saturated heterocycles. The van der Waals surface area contributed by atoms with Gasteiger partial charge in [0, 0.05) is 77.5 Å². The summed E-state index contributed by atoms with van der Waals surface area (Å²) in [5.41, 5.74) is 0. The Balaban J connectivity index is 1.53. The highest BCUT2D eigenvalue weighted by Gasteiger charge is 2.38. The molecule has 132 valence electrons. The maximum Gasteiger partial charge on any atom is 0.225 e. The molecule has 2 atom stereocenters. The number of aliphatic hydroxyl groups excluding tert-OH is 1. The van der Waals surface area contributed by atoms with E-state index in [2.05, 4.69) is 16.8 Å². The van der Waals surface area contributed by atoms with Crippen molar-refractivity contribution >= 4 is 5.91 Å². The third kappa shape index (κ3) is 4.24. The number of nitrogens with zero attached hydrogens (tertiary/aromatic N) is 3. The van der Waals surface area contributed by atoms with E-state index in [-0.39, 0.29) is 24.3 Å². The molecule has 0 spiro atoms. The molecular weight excluding hydrogens is 294 g/mol. The van der Waals surface area contributed by atoms with E-state index in [1.165, 1.54) is 0 Å². The van der Waals surface area contributed by atoms with Crippen LogP contribution in [0.4, 0.5) is 0 Å². The van der Waals surface area contributed by atoms with Crippen molar-refractivity contribution in [1.82, 2.24) is 14.7 Å². The van der Waals surface area contributed by atoms with Crippen molar-refractivity contribution in [2.75, 3.05) is 72.7 Å². The van der Waals surface area contributed by atoms with Crippen LogP contribution in [0.5, 0.6) is 0 Å². The van der Waals surface area contributed by atoms with E-state index in [1.807, 2.05) is 4.90 Å². The van der Waals surface area contributed by atoms with Crippen molar-refractivity contribution < 1.29 is 14.6 Å². The fraction of sp³-hybridized carbons (Fsp3) is 0.941. The Morgan fingerprint density at radius 2 is 1.74 bits per heavy atom. The molecule has 3 aliphatic rings. The number of likely N-dealkylation sites (N-methyl/N-ethyl adjacent to an activating group) is 1. The molecule has 6 heteroatoms. The van der Waals surface area contributed by atoms with Crippen molar-refractivity contribution in [3.63, 3.8) is 0 Å². The lowest BCUT2D eigenvalue weighted by molar-refractivity contribution is -0.137. The van der Waals surface area contributed by atoms with Crippen molar-refractivity contribution in [3.05, 3.63) is 0 Å². The average molecular weight is 325 g/mol. The second-order valence-corrected chi connectivity index (χ2v) is 7.44. The second-order valence-electron chi connectivity index (χ2n) is 7.44. The third-order valence-electron chi connectivity index (χ3n) is 5.78. The smallest absolute Gasteiger partial charge is 0.225 e. The fourth-order valence-corrected chi connectivity index (χ4v) is 4.10. The molecule has 1 amide bonds. The van der Waals surface area contributed by atoms with E-state index in [4.69, 9.17) is 4.74 Å². The topological polar surface area (TPSA) is 56.2 Å². The van der Waals surface area contributed by atoms with Crippen molar-refractivity contribution in [3.8, 4) is 0 Å². The summed E-state index contributed by atoms with van der Waals surface area (Å²) in [6.45, 7) is 8.57. The number of amides is 1. The predicted molar refractivity (Wildman–Crippen MR) is 88.1 cm³/mol. The summed E-state index contributed by atoms with van der Waals surface area (Å²) in [5, 5.41) is 9.73. The van der Waals surface area contributed by atoms with E-state index < -0.39 is 0 Å². The Kier molecular flexibility index (Phi) is 5.91. The molecule has 23 heavy (non-hydrogen) atoms.